The number of fused-ring (bicyclic) bond motifs is 3. The van der Waals surface area contributed by atoms with Crippen LogP contribution in [0.2, 0.25) is 0 Å². The highest BCUT2D eigenvalue weighted by molar-refractivity contribution is 5.88. The Bertz CT molecular complexity index is 946. The lowest BCUT2D eigenvalue weighted by Gasteiger charge is -2.29. The highest BCUT2D eigenvalue weighted by atomic mass is 16.5. The third-order valence-corrected chi connectivity index (χ3v) is 5.65. The minimum absolute atomic E-state index is 0.0476. The van der Waals surface area contributed by atoms with Gasteiger partial charge in [-0.25, -0.2) is 0 Å². The molecule has 0 spiro atoms. The summed E-state index contributed by atoms with van der Waals surface area (Å²) in [6.07, 6.45) is 2.62. The Hall–Kier alpha value is -2.75. The van der Waals surface area contributed by atoms with Crippen LogP contribution in [0.15, 0.2) is 48.5 Å². The fourth-order valence-corrected chi connectivity index (χ4v) is 4.14. The van der Waals surface area contributed by atoms with E-state index in [-0.39, 0.29) is 11.8 Å². The fraction of sp³-hybridized carbons (Fsp3) is 0.348. The molecule has 2 aromatic carbocycles. The Morgan fingerprint density at radius 3 is 2.78 bits per heavy atom. The maximum atomic E-state index is 13.2. The van der Waals surface area contributed by atoms with E-state index in [2.05, 4.69) is 36.2 Å². The van der Waals surface area contributed by atoms with Crippen LogP contribution in [-0.4, -0.2) is 29.4 Å². The number of aromatic nitrogens is 1. The van der Waals surface area contributed by atoms with Gasteiger partial charge in [0.15, 0.2) is 0 Å². The Labute approximate surface area is 160 Å². The van der Waals surface area contributed by atoms with Crippen molar-refractivity contribution in [3.8, 4) is 5.75 Å². The third kappa shape index (κ3) is 3.44. The second kappa shape index (κ2) is 7.47. The van der Waals surface area contributed by atoms with Crippen LogP contribution in [0.3, 0.4) is 0 Å². The van der Waals surface area contributed by atoms with E-state index in [4.69, 9.17) is 4.74 Å². The third-order valence-electron chi connectivity index (χ3n) is 5.65. The van der Waals surface area contributed by atoms with E-state index in [1.165, 1.54) is 22.2 Å². The number of hydrogen-bond donors (Lipinski definition) is 1. The quantitative estimate of drug-likeness (QED) is 0.734. The highest BCUT2D eigenvalue weighted by Gasteiger charge is 2.30. The number of aryl methyl sites for hydroxylation is 1. The van der Waals surface area contributed by atoms with Crippen LogP contribution in [-0.2, 0) is 24.2 Å². The summed E-state index contributed by atoms with van der Waals surface area (Å²) in [5.74, 6) is 1.17. The zero-order valence-corrected chi connectivity index (χ0v) is 16.0. The van der Waals surface area contributed by atoms with Crippen LogP contribution >= 0.6 is 0 Å². The van der Waals surface area contributed by atoms with Crippen molar-refractivity contribution in [3.05, 3.63) is 65.4 Å². The number of aromatic amines is 1. The summed E-state index contributed by atoms with van der Waals surface area (Å²) < 4.78 is 5.39. The number of H-pyrrole nitrogens is 1. The highest BCUT2D eigenvalue weighted by Crippen LogP contribution is 2.34. The van der Waals surface area contributed by atoms with Crippen LogP contribution in [0.4, 0.5) is 0 Å². The van der Waals surface area contributed by atoms with E-state index < -0.39 is 0 Å². The van der Waals surface area contributed by atoms with Crippen molar-refractivity contribution in [1.82, 2.24) is 9.88 Å². The molecule has 0 fully saturated rings. The minimum atomic E-state index is 0.0476. The Morgan fingerprint density at radius 2 is 2.04 bits per heavy atom. The van der Waals surface area contributed by atoms with Crippen molar-refractivity contribution in [2.75, 3.05) is 13.7 Å². The molecular weight excluding hydrogens is 336 g/mol. The van der Waals surface area contributed by atoms with E-state index in [1.807, 2.05) is 29.2 Å². The van der Waals surface area contributed by atoms with E-state index in [0.29, 0.717) is 6.54 Å². The first-order chi connectivity index (χ1) is 13.2. The van der Waals surface area contributed by atoms with Gasteiger partial charge in [0.25, 0.3) is 0 Å². The molecule has 1 atom stereocenters. The molecule has 1 unspecified atom stereocenters. The van der Waals surface area contributed by atoms with E-state index in [0.717, 1.165) is 37.1 Å². The number of amides is 1. The molecule has 0 saturated heterocycles. The molecule has 1 N–H and O–H groups in total. The molecule has 4 heteroatoms. The second-order valence-electron chi connectivity index (χ2n) is 7.27. The Morgan fingerprint density at radius 1 is 1.22 bits per heavy atom. The van der Waals surface area contributed by atoms with Crippen molar-refractivity contribution in [3.63, 3.8) is 0 Å². The molecule has 0 aliphatic heterocycles. The number of nitrogens with zero attached hydrogens (tertiary/aromatic N) is 1. The van der Waals surface area contributed by atoms with Gasteiger partial charge in [0.05, 0.1) is 7.11 Å². The fourth-order valence-electron chi connectivity index (χ4n) is 4.14. The lowest BCUT2D eigenvalue weighted by molar-refractivity contribution is -0.136. The largest absolute Gasteiger partial charge is 0.497 e. The molecule has 140 valence electrons. The molecule has 1 aliphatic carbocycles. The minimum Gasteiger partial charge on any atom is -0.497 e. The topological polar surface area (TPSA) is 45.3 Å². The van der Waals surface area contributed by atoms with Crippen molar-refractivity contribution < 1.29 is 9.53 Å². The zero-order chi connectivity index (χ0) is 18.8. The molecule has 0 saturated carbocycles. The maximum Gasteiger partial charge on any atom is 0.226 e. The average Bonchev–Trinajstić information content (AvgIpc) is 3.09. The van der Waals surface area contributed by atoms with Crippen LogP contribution < -0.4 is 4.74 Å². The number of ether oxygens (including phenoxy) is 1. The van der Waals surface area contributed by atoms with Crippen LogP contribution in [0, 0.1) is 5.92 Å². The lowest BCUT2D eigenvalue weighted by Crippen LogP contribution is -2.37. The molecule has 3 aromatic rings. The lowest BCUT2D eigenvalue weighted by atomic mass is 9.85. The van der Waals surface area contributed by atoms with Gasteiger partial charge in [-0.1, -0.05) is 30.3 Å². The van der Waals surface area contributed by atoms with Gasteiger partial charge in [-0.3, -0.25) is 4.79 Å². The first-order valence-electron chi connectivity index (χ1n) is 9.69. The van der Waals surface area contributed by atoms with Gasteiger partial charge in [0.2, 0.25) is 5.91 Å². The predicted molar refractivity (Wildman–Crippen MR) is 108 cm³/mol. The molecule has 0 bridgehead atoms. The SMILES string of the molecule is CCN(Cc1ccccc1)C(=O)C1CCc2[nH]c3ccc(OC)cc3c2C1. The van der Waals surface area contributed by atoms with Crippen molar-refractivity contribution >= 4 is 16.8 Å². The molecular formula is C23H26N2O2. The number of rotatable bonds is 5. The molecule has 27 heavy (non-hydrogen) atoms. The summed E-state index contributed by atoms with van der Waals surface area (Å²) in [7, 11) is 1.69. The summed E-state index contributed by atoms with van der Waals surface area (Å²) in [4.78, 5) is 18.7. The van der Waals surface area contributed by atoms with Gasteiger partial charge in [-0.2, -0.15) is 0 Å². The molecule has 1 heterocycles. The summed E-state index contributed by atoms with van der Waals surface area (Å²) in [6, 6.07) is 16.4. The van der Waals surface area contributed by atoms with E-state index >= 15 is 0 Å². The normalized spacial score (nSPS) is 16.1. The van der Waals surface area contributed by atoms with Gasteiger partial charge in [0.1, 0.15) is 5.75 Å². The van der Waals surface area contributed by atoms with Gasteiger partial charge < -0.3 is 14.6 Å². The predicted octanol–water partition coefficient (Wildman–Crippen LogP) is 4.33. The second-order valence-corrected chi connectivity index (χ2v) is 7.27. The van der Waals surface area contributed by atoms with Gasteiger partial charge in [0, 0.05) is 35.6 Å². The number of methoxy groups -OCH3 is 1. The van der Waals surface area contributed by atoms with Crippen molar-refractivity contribution in [1.29, 1.82) is 0 Å². The van der Waals surface area contributed by atoms with Crippen molar-refractivity contribution in [2.45, 2.75) is 32.7 Å². The molecule has 1 aromatic heterocycles. The summed E-state index contributed by atoms with van der Waals surface area (Å²) in [5, 5.41) is 1.19. The van der Waals surface area contributed by atoms with Crippen molar-refractivity contribution in [2.24, 2.45) is 5.92 Å². The zero-order valence-electron chi connectivity index (χ0n) is 16.0. The first kappa shape index (κ1) is 17.7. The molecule has 1 aliphatic rings. The summed E-state index contributed by atoms with van der Waals surface area (Å²) in [6.45, 7) is 3.48. The van der Waals surface area contributed by atoms with Crippen LogP contribution in [0.1, 0.15) is 30.2 Å². The summed E-state index contributed by atoms with van der Waals surface area (Å²) >= 11 is 0. The first-order valence-corrected chi connectivity index (χ1v) is 9.69. The number of benzene rings is 2. The Balaban J connectivity index is 1.56. The van der Waals surface area contributed by atoms with Crippen LogP contribution in [0.25, 0.3) is 10.9 Å². The average molecular weight is 362 g/mol. The monoisotopic (exact) mass is 362 g/mol. The molecule has 4 nitrogen and oxygen atoms in total. The number of carbonyl (C=O) groups excluding carboxylic acids is 1. The van der Waals surface area contributed by atoms with Crippen LogP contribution in [0.5, 0.6) is 5.75 Å². The van der Waals surface area contributed by atoms with E-state index in [1.54, 1.807) is 7.11 Å². The molecule has 1 amide bonds. The van der Waals surface area contributed by atoms with Gasteiger partial charge in [-0.05, 0) is 55.5 Å². The standard InChI is InChI=1S/C23H26N2O2/c1-3-25(15-16-7-5-4-6-8-16)23(26)17-9-11-21-19(13-17)20-14-18(27-2)10-12-22(20)24-21/h4-8,10,12,14,17,24H,3,9,11,13,15H2,1-2H3. The van der Waals surface area contributed by atoms with E-state index in [9.17, 15) is 4.79 Å². The smallest absolute Gasteiger partial charge is 0.226 e. The summed E-state index contributed by atoms with van der Waals surface area (Å²) in [5.41, 5.74) is 4.87. The van der Waals surface area contributed by atoms with Gasteiger partial charge >= 0.3 is 0 Å². The number of carbonyl (C=O) groups is 1. The molecule has 0 radical (unpaired) electrons. The maximum absolute atomic E-state index is 13.2. The number of nitrogens with one attached hydrogen (secondary N) is 1. The number of hydrogen-bond acceptors (Lipinski definition) is 2. The molecule has 4 rings (SSSR count). The Kier molecular flexibility index (Phi) is 4.88. The van der Waals surface area contributed by atoms with Gasteiger partial charge in [-0.15, -0.1) is 0 Å².